The van der Waals surface area contributed by atoms with Crippen LogP contribution in [0, 0.1) is 12.7 Å². The summed E-state index contributed by atoms with van der Waals surface area (Å²) in [6, 6.07) is 15.3. The summed E-state index contributed by atoms with van der Waals surface area (Å²) in [7, 11) is 0. The number of aromatic amines is 1. The van der Waals surface area contributed by atoms with Gasteiger partial charge in [-0.25, -0.2) is 9.18 Å². The molecule has 2 amide bonds. The molecule has 1 aliphatic rings. The minimum atomic E-state index is -0.523. The van der Waals surface area contributed by atoms with Crippen LogP contribution in [0.1, 0.15) is 24.8 Å². The highest BCUT2D eigenvalue weighted by atomic mass is 19.1. The monoisotopic (exact) mass is 502 g/mol. The predicted octanol–water partition coefficient (Wildman–Crippen LogP) is 5.77. The molecule has 192 valence electrons. The number of aromatic nitrogens is 2. The van der Waals surface area contributed by atoms with Gasteiger partial charge in [-0.2, -0.15) is 5.10 Å². The number of nitrogens with two attached hydrogens (primary N) is 1. The van der Waals surface area contributed by atoms with Gasteiger partial charge in [0.2, 0.25) is 0 Å². The SMILES string of the molecule is Cc1ccc(F)c(NC(=O)Nc2ccc(-c3ccc(OCCCN4CCCC4)c4[nH]nc(N)c34)cc2)c1. The van der Waals surface area contributed by atoms with Crippen LogP contribution in [0.2, 0.25) is 0 Å². The Bertz CT molecular complexity index is 1400. The smallest absolute Gasteiger partial charge is 0.323 e. The topological polar surface area (TPSA) is 108 Å². The van der Waals surface area contributed by atoms with Crippen LogP contribution in [0.25, 0.3) is 22.0 Å². The van der Waals surface area contributed by atoms with E-state index in [0.717, 1.165) is 46.3 Å². The molecular weight excluding hydrogens is 471 g/mol. The maximum atomic E-state index is 14.0. The molecular formula is C28H31FN6O2. The van der Waals surface area contributed by atoms with Gasteiger partial charge in [0, 0.05) is 12.2 Å². The summed E-state index contributed by atoms with van der Waals surface area (Å²) < 4.78 is 20.0. The minimum Gasteiger partial charge on any atom is -0.491 e. The van der Waals surface area contributed by atoms with Crippen LogP contribution >= 0.6 is 0 Å². The molecule has 9 heteroatoms. The summed E-state index contributed by atoms with van der Waals surface area (Å²) in [5.41, 5.74) is 10.3. The van der Waals surface area contributed by atoms with Crippen molar-refractivity contribution in [3.8, 4) is 16.9 Å². The van der Waals surface area contributed by atoms with Gasteiger partial charge in [-0.05, 0) is 92.4 Å². The van der Waals surface area contributed by atoms with E-state index in [4.69, 9.17) is 10.5 Å². The van der Waals surface area contributed by atoms with Gasteiger partial charge in [0.15, 0.2) is 5.82 Å². The molecule has 3 aromatic carbocycles. The molecule has 0 saturated carbocycles. The number of rotatable bonds is 8. The average Bonchev–Trinajstić information content (AvgIpc) is 3.55. The number of amides is 2. The number of likely N-dealkylation sites (tertiary alicyclic amines) is 1. The van der Waals surface area contributed by atoms with Crippen LogP contribution < -0.4 is 21.1 Å². The molecule has 1 fully saturated rings. The number of halogens is 1. The van der Waals surface area contributed by atoms with Crippen LogP contribution in [-0.4, -0.2) is 47.4 Å². The number of nitrogens with zero attached hydrogens (tertiary/aromatic N) is 2. The Hall–Kier alpha value is -4.11. The number of benzene rings is 3. The first-order valence-electron chi connectivity index (χ1n) is 12.5. The summed E-state index contributed by atoms with van der Waals surface area (Å²) in [6.45, 7) is 5.86. The van der Waals surface area contributed by atoms with Crippen LogP contribution in [0.3, 0.4) is 0 Å². The molecule has 0 bridgehead atoms. The molecule has 0 spiro atoms. The number of nitrogen functional groups attached to an aromatic ring is 1. The third-order valence-corrected chi connectivity index (χ3v) is 6.61. The van der Waals surface area contributed by atoms with Crippen molar-refractivity contribution in [2.24, 2.45) is 0 Å². The van der Waals surface area contributed by atoms with Gasteiger partial charge in [-0.15, -0.1) is 0 Å². The lowest BCUT2D eigenvalue weighted by molar-refractivity contribution is 0.262. The second kappa shape index (κ2) is 10.9. The van der Waals surface area contributed by atoms with Crippen LogP contribution in [0.5, 0.6) is 5.75 Å². The summed E-state index contributed by atoms with van der Waals surface area (Å²) in [6.07, 6.45) is 3.54. The maximum absolute atomic E-state index is 14.0. The second-order valence-electron chi connectivity index (χ2n) is 9.36. The van der Waals surface area contributed by atoms with Crippen molar-refractivity contribution in [3.63, 3.8) is 0 Å². The number of carbonyl (C=O) groups is 1. The van der Waals surface area contributed by atoms with Crippen LogP contribution in [0.15, 0.2) is 54.6 Å². The molecule has 5 N–H and O–H groups in total. The number of nitrogens with one attached hydrogen (secondary N) is 3. The third kappa shape index (κ3) is 5.67. The first-order chi connectivity index (χ1) is 18.0. The van der Waals surface area contributed by atoms with Gasteiger partial charge in [0.1, 0.15) is 17.1 Å². The zero-order valence-corrected chi connectivity index (χ0v) is 20.8. The van der Waals surface area contributed by atoms with E-state index in [1.54, 1.807) is 24.3 Å². The van der Waals surface area contributed by atoms with E-state index < -0.39 is 11.8 Å². The first-order valence-corrected chi connectivity index (χ1v) is 12.5. The van der Waals surface area contributed by atoms with Gasteiger partial charge in [0.05, 0.1) is 17.7 Å². The zero-order chi connectivity index (χ0) is 25.8. The van der Waals surface area contributed by atoms with E-state index in [1.807, 2.05) is 31.2 Å². The fraction of sp³-hybridized carbons (Fsp3) is 0.286. The van der Waals surface area contributed by atoms with E-state index in [2.05, 4.69) is 25.7 Å². The molecule has 4 aromatic rings. The fourth-order valence-electron chi connectivity index (χ4n) is 4.72. The van der Waals surface area contributed by atoms with Crippen molar-refractivity contribution in [3.05, 3.63) is 66.0 Å². The molecule has 0 atom stereocenters. The lowest BCUT2D eigenvalue weighted by atomic mass is 10.0. The largest absolute Gasteiger partial charge is 0.491 e. The molecule has 1 aliphatic heterocycles. The highest BCUT2D eigenvalue weighted by Crippen LogP contribution is 2.37. The Balaban J connectivity index is 1.26. The Morgan fingerprint density at radius 2 is 1.89 bits per heavy atom. The van der Waals surface area contributed by atoms with E-state index in [0.29, 0.717) is 18.1 Å². The molecule has 37 heavy (non-hydrogen) atoms. The molecule has 1 aromatic heterocycles. The summed E-state index contributed by atoms with van der Waals surface area (Å²) in [5, 5.41) is 13.3. The molecule has 0 aliphatic carbocycles. The van der Waals surface area contributed by atoms with Gasteiger partial charge in [-0.3, -0.25) is 5.10 Å². The highest BCUT2D eigenvalue weighted by Gasteiger charge is 2.16. The first kappa shape index (κ1) is 24.6. The summed E-state index contributed by atoms with van der Waals surface area (Å²) in [4.78, 5) is 14.8. The van der Waals surface area contributed by atoms with Crippen molar-refractivity contribution < 1.29 is 13.9 Å². The fourth-order valence-corrected chi connectivity index (χ4v) is 4.72. The number of fused-ring (bicyclic) bond motifs is 1. The van der Waals surface area contributed by atoms with E-state index in [-0.39, 0.29) is 5.69 Å². The van der Waals surface area contributed by atoms with Crippen molar-refractivity contribution >= 4 is 34.1 Å². The van der Waals surface area contributed by atoms with Gasteiger partial charge in [0.25, 0.3) is 0 Å². The number of urea groups is 1. The molecule has 0 unspecified atom stereocenters. The number of anilines is 3. The standard InChI is InChI=1S/C28H31FN6O2/c1-18-5-11-22(29)23(17-18)32-28(36)31-20-8-6-19(7-9-20)21-10-12-24(26-25(21)27(30)34-33-26)37-16-4-15-35-13-2-3-14-35/h5-12,17H,2-4,13-16H2,1H3,(H3,30,33,34)(H2,31,32,36). The Labute approximate surface area is 215 Å². The van der Waals surface area contributed by atoms with Crippen LogP contribution in [-0.2, 0) is 0 Å². The number of hydrogen-bond acceptors (Lipinski definition) is 5. The molecule has 1 saturated heterocycles. The summed E-state index contributed by atoms with van der Waals surface area (Å²) >= 11 is 0. The lowest BCUT2D eigenvalue weighted by Gasteiger charge is -2.15. The van der Waals surface area contributed by atoms with Crippen molar-refractivity contribution in [1.82, 2.24) is 15.1 Å². The number of hydrogen-bond donors (Lipinski definition) is 4. The Morgan fingerprint density at radius 3 is 2.68 bits per heavy atom. The zero-order valence-electron chi connectivity index (χ0n) is 20.8. The van der Waals surface area contributed by atoms with Crippen molar-refractivity contribution in [2.45, 2.75) is 26.2 Å². The van der Waals surface area contributed by atoms with E-state index in [9.17, 15) is 9.18 Å². The highest BCUT2D eigenvalue weighted by molar-refractivity contribution is 6.04. The molecule has 5 rings (SSSR count). The third-order valence-electron chi connectivity index (χ3n) is 6.61. The van der Waals surface area contributed by atoms with Gasteiger partial charge in [-0.1, -0.05) is 18.2 Å². The van der Waals surface area contributed by atoms with Crippen molar-refractivity contribution in [2.75, 3.05) is 42.6 Å². The Morgan fingerprint density at radius 1 is 1.11 bits per heavy atom. The average molecular weight is 503 g/mol. The minimum absolute atomic E-state index is 0.130. The molecule has 0 radical (unpaired) electrons. The van der Waals surface area contributed by atoms with E-state index in [1.165, 1.54) is 32.0 Å². The molecule has 8 nitrogen and oxygen atoms in total. The van der Waals surface area contributed by atoms with Crippen molar-refractivity contribution in [1.29, 1.82) is 0 Å². The second-order valence-corrected chi connectivity index (χ2v) is 9.36. The maximum Gasteiger partial charge on any atom is 0.323 e. The number of H-pyrrole nitrogens is 1. The van der Waals surface area contributed by atoms with E-state index >= 15 is 0 Å². The molecule has 2 heterocycles. The predicted molar refractivity (Wildman–Crippen MR) is 146 cm³/mol. The van der Waals surface area contributed by atoms with Gasteiger partial charge >= 0.3 is 6.03 Å². The Kier molecular flexibility index (Phi) is 7.23. The van der Waals surface area contributed by atoms with Crippen LogP contribution in [0.4, 0.5) is 26.4 Å². The number of carbonyl (C=O) groups excluding carboxylic acids is 1. The number of ether oxygens (including phenoxy) is 1. The number of aryl methyl sites for hydroxylation is 1. The quantitative estimate of drug-likeness (QED) is 0.229. The normalized spacial score (nSPS) is 13.7. The summed E-state index contributed by atoms with van der Waals surface area (Å²) in [5.74, 6) is 0.633. The lowest BCUT2D eigenvalue weighted by Crippen LogP contribution is -2.21. The van der Waals surface area contributed by atoms with Gasteiger partial charge < -0.3 is 26.0 Å².